The molecule has 1 atom stereocenters. The predicted molar refractivity (Wildman–Crippen MR) is 71.8 cm³/mol. The van der Waals surface area contributed by atoms with E-state index in [1.165, 1.54) is 20.2 Å². The molecule has 0 radical (unpaired) electrons. The van der Waals surface area contributed by atoms with Crippen LogP contribution in [0.25, 0.3) is 0 Å². The lowest BCUT2D eigenvalue weighted by Crippen LogP contribution is -2.07. The molecule has 0 bridgehead atoms. The van der Waals surface area contributed by atoms with Gasteiger partial charge in [-0.25, -0.2) is 0 Å². The summed E-state index contributed by atoms with van der Waals surface area (Å²) in [7, 11) is 0. The summed E-state index contributed by atoms with van der Waals surface area (Å²) in [5.41, 5.74) is 7.55. The molecule has 2 aromatic rings. The Morgan fingerprint density at radius 1 is 1.20 bits per heavy atom. The average Bonchev–Trinajstić information content (AvgIpc) is 2.74. The molecular formula is C11H12BrNS2. The first-order chi connectivity index (χ1) is 7.08. The minimum Gasteiger partial charge on any atom is -0.319 e. The molecule has 0 fully saturated rings. The maximum absolute atomic E-state index is 6.21. The molecule has 80 valence electrons. The molecule has 0 aliphatic rings. The first-order valence-corrected chi connectivity index (χ1v) is 7.08. The minimum absolute atomic E-state index is 0.0266. The summed E-state index contributed by atoms with van der Waals surface area (Å²) in [6.45, 7) is 4.27. The van der Waals surface area contributed by atoms with Crippen molar-refractivity contribution in [1.82, 2.24) is 0 Å². The summed E-state index contributed by atoms with van der Waals surface area (Å²) in [5, 5.41) is 0. The Balaban J connectivity index is 2.31. The second-order valence-electron chi connectivity index (χ2n) is 3.51. The number of aryl methyl sites for hydroxylation is 2. The SMILES string of the molecule is Cc1cc(C(N)c2ccc(Br)s2)sc1C. The highest BCUT2D eigenvalue weighted by Crippen LogP contribution is 2.33. The van der Waals surface area contributed by atoms with E-state index in [1.807, 2.05) is 6.07 Å². The van der Waals surface area contributed by atoms with Crippen LogP contribution in [0.2, 0.25) is 0 Å². The molecule has 15 heavy (non-hydrogen) atoms. The molecule has 4 heteroatoms. The van der Waals surface area contributed by atoms with E-state index in [-0.39, 0.29) is 6.04 Å². The van der Waals surface area contributed by atoms with Crippen LogP contribution in [0.5, 0.6) is 0 Å². The fourth-order valence-corrected chi connectivity index (χ4v) is 3.97. The summed E-state index contributed by atoms with van der Waals surface area (Å²) < 4.78 is 1.14. The fraction of sp³-hybridized carbons (Fsp3) is 0.273. The second-order valence-corrected chi connectivity index (χ2v) is 7.29. The Morgan fingerprint density at radius 3 is 2.40 bits per heavy atom. The van der Waals surface area contributed by atoms with Crippen molar-refractivity contribution in [3.63, 3.8) is 0 Å². The third-order valence-corrected chi connectivity index (χ3v) is 5.33. The van der Waals surface area contributed by atoms with Crippen LogP contribution < -0.4 is 5.73 Å². The third-order valence-electron chi connectivity index (χ3n) is 2.39. The smallest absolute Gasteiger partial charge is 0.0740 e. The summed E-state index contributed by atoms with van der Waals surface area (Å²) in [4.78, 5) is 3.82. The Morgan fingerprint density at radius 2 is 1.93 bits per heavy atom. The van der Waals surface area contributed by atoms with Crippen LogP contribution in [0.1, 0.15) is 26.2 Å². The molecule has 2 N–H and O–H groups in total. The summed E-state index contributed by atoms with van der Waals surface area (Å²) in [6, 6.07) is 6.36. The van der Waals surface area contributed by atoms with Gasteiger partial charge in [-0.05, 0) is 53.5 Å². The van der Waals surface area contributed by atoms with Gasteiger partial charge in [0.2, 0.25) is 0 Å². The normalized spacial score (nSPS) is 13.1. The van der Waals surface area contributed by atoms with E-state index in [0.717, 1.165) is 3.79 Å². The number of hydrogen-bond acceptors (Lipinski definition) is 3. The lowest BCUT2D eigenvalue weighted by atomic mass is 10.2. The lowest BCUT2D eigenvalue weighted by Gasteiger charge is -2.05. The number of rotatable bonds is 2. The second kappa shape index (κ2) is 4.37. The molecule has 1 unspecified atom stereocenters. The fourth-order valence-electron chi connectivity index (χ4n) is 1.39. The van der Waals surface area contributed by atoms with E-state index in [1.54, 1.807) is 22.7 Å². The summed E-state index contributed by atoms with van der Waals surface area (Å²) in [6.07, 6.45) is 0. The first-order valence-electron chi connectivity index (χ1n) is 4.65. The van der Waals surface area contributed by atoms with Gasteiger partial charge in [0.15, 0.2) is 0 Å². The van der Waals surface area contributed by atoms with Crippen LogP contribution in [-0.4, -0.2) is 0 Å². The molecule has 2 aromatic heterocycles. The van der Waals surface area contributed by atoms with Crippen molar-refractivity contribution >= 4 is 38.6 Å². The van der Waals surface area contributed by atoms with E-state index in [4.69, 9.17) is 5.73 Å². The lowest BCUT2D eigenvalue weighted by molar-refractivity contribution is 0.916. The number of thiophene rings is 2. The van der Waals surface area contributed by atoms with Gasteiger partial charge in [0.1, 0.15) is 0 Å². The molecule has 2 heterocycles. The average molecular weight is 302 g/mol. The summed E-state index contributed by atoms with van der Waals surface area (Å²) in [5.74, 6) is 0. The molecule has 0 amide bonds. The maximum Gasteiger partial charge on any atom is 0.0740 e. The van der Waals surface area contributed by atoms with E-state index in [9.17, 15) is 0 Å². The van der Waals surface area contributed by atoms with Gasteiger partial charge in [0.05, 0.1) is 9.83 Å². The number of hydrogen-bond donors (Lipinski definition) is 1. The van der Waals surface area contributed by atoms with Gasteiger partial charge in [-0.2, -0.15) is 0 Å². The summed E-state index contributed by atoms with van der Waals surface area (Å²) >= 11 is 6.96. The zero-order valence-electron chi connectivity index (χ0n) is 8.58. The molecule has 0 spiro atoms. The maximum atomic E-state index is 6.21. The predicted octanol–water partition coefficient (Wildman–Crippen LogP) is 4.24. The Hall–Kier alpha value is -0.160. The highest BCUT2D eigenvalue weighted by atomic mass is 79.9. The van der Waals surface area contributed by atoms with Crippen molar-refractivity contribution in [3.05, 3.63) is 42.2 Å². The number of halogens is 1. The van der Waals surface area contributed by atoms with E-state index in [0.29, 0.717) is 0 Å². The van der Waals surface area contributed by atoms with Gasteiger partial charge in [-0.15, -0.1) is 22.7 Å². The van der Waals surface area contributed by atoms with Gasteiger partial charge < -0.3 is 5.73 Å². The number of nitrogens with two attached hydrogens (primary N) is 1. The Labute approximate surface area is 106 Å². The monoisotopic (exact) mass is 301 g/mol. The van der Waals surface area contributed by atoms with E-state index < -0.39 is 0 Å². The molecule has 0 aromatic carbocycles. The highest BCUT2D eigenvalue weighted by Gasteiger charge is 2.14. The molecule has 1 nitrogen and oxygen atoms in total. The van der Waals surface area contributed by atoms with Crippen molar-refractivity contribution in [2.45, 2.75) is 19.9 Å². The largest absolute Gasteiger partial charge is 0.319 e. The highest BCUT2D eigenvalue weighted by molar-refractivity contribution is 9.11. The Bertz CT molecular complexity index is 453. The van der Waals surface area contributed by atoms with Crippen LogP contribution in [0.4, 0.5) is 0 Å². The Kier molecular flexibility index (Phi) is 3.30. The molecular weight excluding hydrogens is 290 g/mol. The minimum atomic E-state index is 0.0266. The van der Waals surface area contributed by atoms with E-state index >= 15 is 0 Å². The standard InChI is InChI=1S/C11H12BrNS2/c1-6-5-9(14-7(6)2)11(13)8-3-4-10(12)15-8/h3-5,11H,13H2,1-2H3. The molecule has 0 aliphatic heterocycles. The molecule has 0 aliphatic carbocycles. The zero-order valence-corrected chi connectivity index (χ0v) is 11.8. The van der Waals surface area contributed by atoms with Gasteiger partial charge in [-0.1, -0.05) is 0 Å². The topological polar surface area (TPSA) is 26.0 Å². The van der Waals surface area contributed by atoms with Crippen molar-refractivity contribution in [2.75, 3.05) is 0 Å². The quantitative estimate of drug-likeness (QED) is 0.882. The van der Waals surface area contributed by atoms with Crippen molar-refractivity contribution < 1.29 is 0 Å². The van der Waals surface area contributed by atoms with E-state index in [2.05, 4.69) is 41.9 Å². The van der Waals surface area contributed by atoms with Gasteiger partial charge >= 0.3 is 0 Å². The molecule has 2 rings (SSSR count). The van der Waals surface area contributed by atoms with Crippen molar-refractivity contribution in [3.8, 4) is 0 Å². The molecule has 0 saturated carbocycles. The first kappa shape index (κ1) is 11.3. The van der Waals surface area contributed by atoms with Gasteiger partial charge in [-0.3, -0.25) is 0 Å². The van der Waals surface area contributed by atoms with Crippen molar-refractivity contribution in [2.24, 2.45) is 5.73 Å². The van der Waals surface area contributed by atoms with Gasteiger partial charge in [0.25, 0.3) is 0 Å². The zero-order chi connectivity index (χ0) is 11.0. The van der Waals surface area contributed by atoms with Gasteiger partial charge in [0, 0.05) is 14.6 Å². The van der Waals surface area contributed by atoms with Crippen molar-refractivity contribution in [1.29, 1.82) is 0 Å². The molecule has 0 saturated heterocycles. The van der Waals surface area contributed by atoms with Crippen LogP contribution in [0.3, 0.4) is 0 Å². The third kappa shape index (κ3) is 2.33. The van der Waals surface area contributed by atoms with Crippen LogP contribution >= 0.6 is 38.6 Å². The van der Waals surface area contributed by atoms with Crippen LogP contribution in [0.15, 0.2) is 22.0 Å². The van der Waals surface area contributed by atoms with Crippen LogP contribution in [0, 0.1) is 13.8 Å². The van der Waals surface area contributed by atoms with Crippen LogP contribution in [-0.2, 0) is 0 Å².